The highest BCUT2D eigenvalue weighted by molar-refractivity contribution is 5.91. The van der Waals surface area contributed by atoms with E-state index in [0.29, 0.717) is 12.2 Å². The van der Waals surface area contributed by atoms with E-state index in [2.05, 4.69) is 20.1 Å². The summed E-state index contributed by atoms with van der Waals surface area (Å²) in [5, 5.41) is 14.8. The fourth-order valence-electron chi connectivity index (χ4n) is 3.60. The molecule has 140 valence electrons. The number of likely N-dealkylation sites (N-methyl/N-ethyl adjacent to an activating group) is 1. The zero-order chi connectivity index (χ0) is 19.3. The number of nitrogens with zero attached hydrogens (tertiary/aromatic N) is 4. The smallest absolute Gasteiger partial charge is 0.262 e. The molecule has 0 saturated carbocycles. The lowest BCUT2D eigenvalue weighted by molar-refractivity contribution is -0.144. The molecule has 2 N–H and O–H groups in total. The fourth-order valence-corrected chi connectivity index (χ4v) is 3.60. The first kappa shape index (κ1) is 16.6. The Hall–Kier alpha value is -3.52. The minimum atomic E-state index is -1.65. The Morgan fingerprint density at radius 2 is 2.04 bits per heavy atom. The highest BCUT2D eigenvalue weighted by Gasteiger charge is 2.48. The number of benzene rings is 1. The lowest BCUT2D eigenvalue weighted by Gasteiger charge is -2.16. The molecule has 0 radical (unpaired) electrons. The van der Waals surface area contributed by atoms with Crippen molar-refractivity contribution < 1.29 is 14.4 Å². The fraction of sp³-hybridized carbons (Fsp3) is 0.200. The number of hydrogen-bond acceptors (Lipinski definition) is 6. The maximum absolute atomic E-state index is 12.3. The second kappa shape index (κ2) is 6.00. The molecule has 1 aliphatic heterocycles. The number of aromatic nitrogens is 4. The van der Waals surface area contributed by atoms with Gasteiger partial charge in [0.05, 0.1) is 0 Å². The van der Waals surface area contributed by atoms with Crippen molar-refractivity contribution in [3.63, 3.8) is 0 Å². The van der Waals surface area contributed by atoms with Gasteiger partial charge in [0.25, 0.3) is 5.91 Å². The van der Waals surface area contributed by atoms with Crippen LogP contribution in [0, 0.1) is 0 Å². The Labute approximate surface area is 159 Å². The van der Waals surface area contributed by atoms with E-state index in [1.54, 1.807) is 25.5 Å². The first-order valence-corrected chi connectivity index (χ1v) is 8.90. The van der Waals surface area contributed by atoms with Gasteiger partial charge in [0.1, 0.15) is 11.2 Å². The molecule has 1 fully saturated rings. The number of carbonyl (C=O) groups is 1. The standard InChI is InChI=1S/C20H17N5O3/c1-25-8-5-20(27,19(25)26)16-10-15(24-28-16)13-4-2-3-12(9-13)14-11-23-18-17(14)21-6-7-22-18/h2-4,6-7,9-11,27H,5,8H2,1H3,(H,22,23)/t20-/m1/s1. The van der Waals surface area contributed by atoms with Gasteiger partial charge in [-0.3, -0.25) is 9.78 Å². The molecule has 0 aliphatic carbocycles. The Kier molecular flexibility index (Phi) is 3.56. The number of aromatic amines is 1. The van der Waals surface area contributed by atoms with E-state index in [-0.39, 0.29) is 18.1 Å². The molecule has 1 amide bonds. The molecule has 0 unspecified atom stereocenters. The van der Waals surface area contributed by atoms with Crippen molar-refractivity contribution in [3.05, 3.63) is 54.7 Å². The molecule has 8 heteroatoms. The van der Waals surface area contributed by atoms with Gasteiger partial charge in [-0.1, -0.05) is 23.4 Å². The van der Waals surface area contributed by atoms with E-state index in [0.717, 1.165) is 27.9 Å². The van der Waals surface area contributed by atoms with Gasteiger partial charge in [-0.2, -0.15) is 0 Å². The Morgan fingerprint density at radius 3 is 2.86 bits per heavy atom. The zero-order valence-electron chi connectivity index (χ0n) is 15.1. The van der Waals surface area contributed by atoms with Gasteiger partial charge in [-0.25, -0.2) is 4.98 Å². The van der Waals surface area contributed by atoms with Crippen LogP contribution in [0.25, 0.3) is 33.5 Å². The number of nitrogens with one attached hydrogen (secondary N) is 1. The second-order valence-electron chi connectivity index (χ2n) is 6.95. The molecule has 1 saturated heterocycles. The van der Waals surface area contributed by atoms with Crippen LogP contribution in [0.15, 0.2) is 53.4 Å². The molecule has 1 atom stereocenters. The monoisotopic (exact) mass is 375 g/mol. The number of fused-ring (bicyclic) bond motifs is 1. The van der Waals surface area contributed by atoms with Crippen LogP contribution in [0.1, 0.15) is 12.2 Å². The van der Waals surface area contributed by atoms with Gasteiger partial charge < -0.3 is 19.5 Å². The van der Waals surface area contributed by atoms with Crippen molar-refractivity contribution >= 4 is 17.1 Å². The van der Waals surface area contributed by atoms with Gasteiger partial charge in [-0.05, 0) is 11.6 Å². The van der Waals surface area contributed by atoms with E-state index < -0.39 is 5.60 Å². The van der Waals surface area contributed by atoms with Gasteiger partial charge in [0.15, 0.2) is 11.4 Å². The molecular weight excluding hydrogens is 358 g/mol. The molecular formula is C20H17N5O3. The molecule has 4 aromatic rings. The predicted molar refractivity (Wildman–Crippen MR) is 101 cm³/mol. The quantitative estimate of drug-likeness (QED) is 0.569. The highest BCUT2D eigenvalue weighted by atomic mass is 16.5. The zero-order valence-corrected chi connectivity index (χ0v) is 15.1. The summed E-state index contributed by atoms with van der Waals surface area (Å²) in [5.41, 5.74) is 3.10. The number of rotatable bonds is 3. The predicted octanol–water partition coefficient (Wildman–Crippen LogP) is 2.33. The van der Waals surface area contributed by atoms with E-state index in [1.165, 1.54) is 4.90 Å². The summed E-state index contributed by atoms with van der Waals surface area (Å²) in [4.78, 5) is 25.5. The number of aliphatic hydroxyl groups is 1. The minimum absolute atomic E-state index is 0.167. The van der Waals surface area contributed by atoms with Gasteiger partial charge in [0, 0.05) is 55.8 Å². The summed E-state index contributed by atoms with van der Waals surface area (Å²) >= 11 is 0. The van der Waals surface area contributed by atoms with Crippen molar-refractivity contribution in [2.75, 3.05) is 13.6 Å². The van der Waals surface area contributed by atoms with Crippen LogP contribution < -0.4 is 0 Å². The van der Waals surface area contributed by atoms with Crippen molar-refractivity contribution in [1.82, 2.24) is 25.0 Å². The number of H-pyrrole nitrogens is 1. The topological polar surface area (TPSA) is 108 Å². The third-order valence-electron chi connectivity index (χ3n) is 5.20. The average molecular weight is 375 g/mol. The van der Waals surface area contributed by atoms with Crippen LogP contribution in [0.3, 0.4) is 0 Å². The van der Waals surface area contributed by atoms with Gasteiger partial charge in [-0.15, -0.1) is 0 Å². The van der Waals surface area contributed by atoms with Crippen molar-refractivity contribution in [2.45, 2.75) is 12.0 Å². The SMILES string of the molecule is CN1CC[C@@](O)(c2cc(-c3cccc(-c4c[nH]c5nccnc45)c3)no2)C1=O. The van der Waals surface area contributed by atoms with E-state index in [9.17, 15) is 9.90 Å². The third kappa shape index (κ3) is 2.42. The van der Waals surface area contributed by atoms with Crippen LogP contribution >= 0.6 is 0 Å². The van der Waals surface area contributed by atoms with E-state index in [1.807, 2.05) is 30.5 Å². The molecule has 5 rings (SSSR count). The second-order valence-corrected chi connectivity index (χ2v) is 6.95. The summed E-state index contributed by atoms with van der Waals surface area (Å²) in [6, 6.07) is 9.39. The largest absolute Gasteiger partial charge is 0.373 e. The Morgan fingerprint density at radius 1 is 1.21 bits per heavy atom. The third-order valence-corrected chi connectivity index (χ3v) is 5.20. The summed E-state index contributed by atoms with van der Waals surface area (Å²) < 4.78 is 5.35. The molecule has 8 nitrogen and oxygen atoms in total. The van der Waals surface area contributed by atoms with Crippen LogP contribution in [0.5, 0.6) is 0 Å². The lowest BCUT2D eigenvalue weighted by Crippen LogP contribution is -2.35. The molecule has 0 spiro atoms. The maximum atomic E-state index is 12.3. The molecule has 0 bridgehead atoms. The molecule has 4 heterocycles. The van der Waals surface area contributed by atoms with Crippen molar-refractivity contribution in [1.29, 1.82) is 0 Å². The molecule has 1 aliphatic rings. The maximum Gasteiger partial charge on any atom is 0.262 e. The van der Waals surface area contributed by atoms with E-state index >= 15 is 0 Å². The number of carbonyl (C=O) groups excluding carboxylic acids is 1. The summed E-state index contributed by atoms with van der Waals surface area (Å²) in [6.07, 6.45) is 5.45. The van der Waals surface area contributed by atoms with E-state index in [4.69, 9.17) is 4.52 Å². The first-order chi connectivity index (χ1) is 13.6. The Balaban J connectivity index is 1.53. The number of hydrogen-bond donors (Lipinski definition) is 2. The molecule has 28 heavy (non-hydrogen) atoms. The molecule has 1 aromatic carbocycles. The van der Waals surface area contributed by atoms with Gasteiger partial charge in [0.2, 0.25) is 5.60 Å². The average Bonchev–Trinajstić information content (AvgIpc) is 3.44. The van der Waals surface area contributed by atoms with Crippen LogP contribution in [0.2, 0.25) is 0 Å². The Bertz CT molecular complexity index is 1200. The summed E-state index contributed by atoms with van der Waals surface area (Å²) in [5.74, 6) is -0.207. The van der Waals surface area contributed by atoms with Crippen LogP contribution in [-0.2, 0) is 10.4 Å². The normalized spacial score (nSPS) is 19.6. The van der Waals surface area contributed by atoms with Gasteiger partial charge >= 0.3 is 0 Å². The number of likely N-dealkylation sites (tertiary alicyclic amines) is 1. The van der Waals surface area contributed by atoms with Crippen LogP contribution in [0.4, 0.5) is 0 Å². The number of amides is 1. The van der Waals surface area contributed by atoms with Crippen molar-refractivity contribution in [3.8, 4) is 22.4 Å². The first-order valence-electron chi connectivity index (χ1n) is 8.90. The summed E-state index contributed by atoms with van der Waals surface area (Å²) in [6.45, 7) is 0.475. The van der Waals surface area contributed by atoms with Crippen molar-refractivity contribution in [2.24, 2.45) is 0 Å². The molecule has 3 aromatic heterocycles. The lowest BCUT2D eigenvalue weighted by atomic mass is 9.97. The summed E-state index contributed by atoms with van der Waals surface area (Å²) in [7, 11) is 1.66. The van der Waals surface area contributed by atoms with Crippen LogP contribution in [-0.4, -0.2) is 49.6 Å². The highest BCUT2D eigenvalue weighted by Crippen LogP contribution is 2.35. The minimum Gasteiger partial charge on any atom is -0.373 e.